The minimum Gasteiger partial charge on any atom is -0.445 e. The third-order valence-corrected chi connectivity index (χ3v) is 10.8. The molecule has 2 amide bonds. The number of carbonyl (C=O) groups is 2. The van der Waals surface area contributed by atoms with Crippen molar-refractivity contribution in [3.63, 3.8) is 0 Å². The molecule has 4 aromatic rings. The first-order chi connectivity index (χ1) is 19.6. The number of carbonyl (C=O) groups excluding carboxylic acids is 2. The number of ether oxygens (including phenoxy) is 1. The summed E-state index contributed by atoms with van der Waals surface area (Å²) < 4.78 is 44.6. The Bertz CT molecular complexity index is 1260. The summed E-state index contributed by atoms with van der Waals surface area (Å²) in [6.45, 7) is 0.155. The molecule has 0 radical (unpaired) electrons. The number of nitrogens with one attached hydrogen (secondary N) is 1. The maximum absolute atomic E-state index is 13.2. The quantitative estimate of drug-likeness (QED) is 0.141. The molecule has 0 aliphatic rings. The van der Waals surface area contributed by atoms with Gasteiger partial charge < -0.3 is 27.7 Å². The van der Waals surface area contributed by atoms with Gasteiger partial charge in [-0.3, -0.25) is 10.1 Å². The normalized spacial score (nSPS) is 11.9. The van der Waals surface area contributed by atoms with Gasteiger partial charge in [-0.05, 0) is 42.0 Å². The molecule has 0 spiro atoms. The zero-order valence-corrected chi connectivity index (χ0v) is 23.0. The second-order valence-corrected chi connectivity index (χ2v) is 12.6. The van der Waals surface area contributed by atoms with Crippen LogP contribution in [0.2, 0.25) is 0 Å². The lowest BCUT2D eigenvalue weighted by Gasteiger charge is -2.34. The molecule has 0 aliphatic heterocycles. The van der Waals surface area contributed by atoms with Gasteiger partial charge in [0.05, 0.1) is 0 Å². The van der Waals surface area contributed by atoms with E-state index < -0.39 is 32.3 Å². The number of hydrogen-bond acceptors (Lipinski definition) is 3. The first-order valence-corrected chi connectivity index (χ1v) is 14.6. The first kappa shape index (κ1) is 31.4. The molecule has 4 rings (SSSR count). The number of benzene rings is 4. The number of alkyl carbamates (subject to hydrolysis) is 1. The molecule has 41 heavy (non-hydrogen) atoms. The van der Waals surface area contributed by atoms with Crippen molar-refractivity contribution in [3.05, 3.63) is 127 Å². The van der Waals surface area contributed by atoms with Crippen molar-refractivity contribution >= 4 is 42.4 Å². The average Bonchev–Trinajstić information content (AvgIpc) is 2.96. The Balaban J connectivity index is 0.000000850. The molecule has 0 aromatic heterocycles. The van der Waals surface area contributed by atoms with Gasteiger partial charge in [0.2, 0.25) is 5.91 Å². The number of primary amides is 1. The minimum absolute atomic E-state index is 0.137. The van der Waals surface area contributed by atoms with Gasteiger partial charge in [0, 0.05) is 12.8 Å². The second-order valence-electron chi connectivity index (χ2n) is 8.95. The summed E-state index contributed by atoms with van der Waals surface area (Å²) in [5.41, 5.74) is 6.49. The van der Waals surface area contributed by atoms with E-state index in [2.05, 4.69) is 41.7 Å². The van der Waals surface area contributed by atoms with E-state index in [9.17, 15) is 26.9 Å². The molecular formula is C30H30BF4N2O3P. The van der Waals surface area contributed by atoms with E-state index in [1.54, 1.807) is 0 Å². The smallest absolute Gasteiger partial charge is 0.445 e. The van der Waals surface area contributed by atoms with Crippen LogP contribution in [0.25, 0.3) is 0 Å². The van der Waals surface area contributed by atoms with Crippen LogP contribution < -0.4 is 27.0 Å². The van der Waals surface area contributed by atoms with Crippen LogP contribution in [0.1, 0.15) is 18.4 Å². The Labute approximate surface area is 237 Å². The fraction of sp³-hybridized carbons (Fsp3) is 0.133. The van der Waals surface area contributed by atoms with Crippen molar-refractivity contribution in [2.75, 3.05) is 0 Å². The summed E-state index contributed by atoms with van der Waals surface area (Å²) in [4.78, 5) is 25.1. The fourth-order valence-electron chi connectivity index (χ4n) is 4.52. The van der Waals surface area contributed by atoms with Gasteiger partial charge in [0.1, 0.15) is 29.8 Å². The molecule has 0 heterocycles. The molecule has 11 heteroatoms. The molecule has 4 aromatic carbocycles. The predicted molar refractivity (Wildman–Crippen MR) is 157 cm³/mol. The highest BCUT2D eigenvalue weighted by atomic mass is 31.2. The second kappa shape index (κ2) is 15.0. The standard InChI is InChI=1S/C30H29N2O3P.BF4/c31-28(33)21-22-29(32-30(34)35-23-24-13-5-1-6-14-24)36(25-15-7-2-8-16-25,26-17-9-3-10-18-26)27-19-11-4-12-20-27;2-1(3,4)5/h1-20,29H,21-23H2,(H2-,31,32,33,34);/q;-1/p+1/t29-;/m0./s1. The average molecular weight is 584 g/mol. The van der Waals surface area contributed by atoms with Crippen molar-refractivity contribution < 1.29 is 31.6 Å². The molecule has 214 valence electrons. The maximum Gasteiger partial charge on any atom is 0.673 e. The molecule has 0 fully saturated rings. The fourth-order valence-corrected chi connectivity index (χ4v) is 9.24. The molecular weight excluding hydrogens is 554 g/mol. The SMILES string of the molecule is F[B-](F)(F)F.NC(=O)CC[C@@H](NC(=O)OCc1ccccc1)[P+](c1ccccc1)(c1ccccc1)c1ccccc1. The van der Waals surface area contributed by atoms with E-state index in [1.165, 1.54) is 0 Å². The van der Waals surface area contributed by atoms with E-state index in [4.69, 9.17) is 10.5 Å². The molecule has 0 saturated heterocycles. The topological polar surface area (TPSA) is 81.4 Å². The van der Waals surface area contributed by atoms with Crippen LogP contribution in [0.15, 0.2) is 121 Å². The van der Waals surface area contributed by atoms with Crippen LogP contribution in [0.4, 0.5) is 22.1 Å². The van der Waals surface area contributed by atoms with Gasteiger partial charge in [0.25, 0.3) is 0 Å². The Kier molecular flexibility index (Phi) is 11.5. The molecule has 3 N–H and O–H groups in total. The molecule has 0 bridgehead atoms. The van der Waals surface area contributed by atoms with Crippen LogP contribution >= 0.6 is 7.26 Å². The zero-order valence-electron chi connectivity index (χ0n) is 22.1. The van der Waals surface area contributed by atoms with Crippen molar-refractivity contribution in [2.45, 2.75) is 25.2 Å². The van der Waals surface area contributed by atoms with Crippen LogP contribution in [0.3, 0.4) is 0 Å². The van der Waals surface area contributed by atoms with E-state index in [0.717, 1.165) is 21.5 Å². The molecule has 5 nitrogen and oxygen atoms in total. The monoisotopic (exact) mass is 584 g/mol. The van der Waals surface area contributed by atoms with Gasteiger partial charge >= 0.3 is 13.3 Å². The van der Waals surface area contributed by atoms with E-state index in [-0.39, 0.29) is 13.0 Å². The zero-order chi connectivity index (χ0) is 29.7. The number of nitrogens with two attached hydrogens (primary N) is 1. The third-order valence-electron chi connectivity index (χ3n) is 6.12. The number of amides is 2. The largest absolute Gasteiger partial charge is 0.673 e. The van der Waals surface area contributed by atoms with Crippen LogP contribution in [0.5, 0.6) is 0 Å². The highest BCUT2D eigenvalue weighted by molar-refractivity contribution is 7.96. The highest BCUT2D eigenvalue weighted by Crippen LogP contribution is 2.60. The maximum atomic E-state index is 13.2. The molecule has 0 saturated carbocycles. The Morgan fingerprint density at radius 3 is 1.44 bits per heavy atom. The third kappa shape index (κ3) is 9.47. The van der Waals surface area contributed by atoms with Gasteiger partial charge in [-0.15, -0.1) is 0 Å². The summed E-state index contributed by atoms with van der Waals surface area (Å²) in [5, 5.41) is 6.45. The van der Waals surface area contributed by atoms with Crippen molar-refractivity contribution in [2.24, 2.45) is 5.73 Å². The van der Waals surface area contributed by atoms with Gasteiger partial charge in [-0.1, -0.05) is 84.9 Å². The van der Waals surface area contributed by atoms with Crippen molar-refractivity contribution in [1.29, 1.82) is 0 Å². The van der Waals surface area contributed by atoms with Crippen LogP contribution in [0, 0.1) is 0 Å². The first-order valence-electron chi connectivity index (χ1n) is 12.8. The van der Waals surface area contributed by atoms with E-state index in [1.807, 2.05) is 84.9 Å². The Hall–Kier alpha value is -4.17. The summed E-state index contributed by atoms with van der Waals surface area (Å²) in [6.07, 6.45) is -0.0133. The van der Waals surface area contributed by atoms with Crippen molar-refractivity contribution in [3.8, 4) is 0 Å². The van der Waals surface area contributed by atoms with Gasteiger partial charge in [0.15, 0.2) is 5.78 Å². The molecule has 0 unspecified atom stereocenters. The minimum atomic E-state index is -6.00. The lowest BCUT2D eigenvalue weighted by Crippen LogP contribution is -2.48. The summed E-state index contributed by atoms with van der Waals surface area (Å²) in [6, 6.07) is 40.1. The van der Waals surface area contributed by atoms with Crippen molar-refractivity contribution in [1.82, 2.24) is 5.32 Å². The van der Waals surface area contributed by atoms with Crippen LogP contribution in [-0.4, -0.2) is 25.0 Å². The lowest BCUT2D eigenvalue weighted by atomic mass is 10.2. The Morgan fingerprint density at radius 2 is 1.07 bits per heavy atom. The van der Waals surface area contributed by atoms with E-state index in [0.29, 0.717) is 6.42 Å². The molecule has 1 atom stereocenters. The van der Waals surface area contributed by atoms with Gasteiger partial charge in [-0.25, -0.2) is 4.79 Å². The van der Waals surface area contributed by atoms with Crippen LogP contribution in [-0.2, 0) is 16.1 Å². The summed E-state index contributed by atoms with van der Waals surface area (Å²) in [5.74, 6) is -0.827. The number of halogens is 4. The predicted octanol–water partition coefficient (Wildman–Crippen LogP) is 5.80. The summed E-state index contributed by atoms with van der Waals surface area (Å²) in [7, 11) is -8.49. The highest BCUT2D eigenvalue weighted by Gasteiger charge is 2.53. The Morgan fingerprint density at radius 1 is 0.707 bits per heavy atom. The molecule has 0 aliphatic carbocycles. The van der Waals surface area contributed by atoms with E-state index >= 15 is 0 Å². The summed E-state index contributed by atoms with van der Waals surface area (Å²) >= 11 is 0. The lowest BCUT2D eigenvalue weighted by molar-refractivity contribution is -0.118. The number of hydrogen-bond donors (Lipinski definition) is 2. The number of rotatable bonds is 10. The van der Waals surface area contributed by atoms with Gasteiger partial charge in [-0.2, -0.15) is 0 Å².